The topological polar surface area (TPSA) is 48.0 Å². The standard InChI is InChI=1S/C25H27NO4/c1-3-26(22-10-7-11-24(19-22)28-2)16-17-29-25(27)30-23-14-12-21(13-15-23)18-20-8-5-4-6-9-20/h4-15,19H,3,16-18H2,1-2H3. The molecule has 0 radical (unpaired) electrons. The van der Waals surface area contributed by atoms with Gasteiger partial charge in [0.15, 0.2) is 0 Å². The van der Waals surface area contributed by atoms with Gasteiger partial charge in [-0.05, 0) is 48.7 Å². The second-order valence-electron chi connectivity index (χ2n) is 6.79. The molecule has 30 heavy (non-hydrogen) atoms. The summed E-state index contributed by atoms with van der Waals surface area (Å²) in [6.07, 6.45) is 0.135. The molecule has 0 atom stereocenters. The molecule has 0 N–H and O–H groups in total. The summed E-state index contributed by atoms with van der Waals surface area (Å²) in [6.45, 7) is 3.63. The number of ether oxygens (including phenoxy) is 3. The van der Waals surface area contributed by atoms with Gasteiger partial charge in [-0.1, -0.05) is 48.5 Å². The van der Waals surface area contributed by atoms with E-state index >= 15 is 0 Å². The Kier molecular flexibility index (Phi) is 7.72. The van der Waals surface area contributed by atoms with Crippen LogP contribution >= 0.6 is 0 Å². The Bertz CT molecular complexity index is 925. The van der Waals surface area contributed by atoms with Crippen LogP contribution in [0.25, 0.3) is 0 Å². The van der Waals surface area contributed by atoms with Crippen molar-refractivity contribution in [3.63, 3.8) is 0 Å². The minimum Gasteiger partial charge on any atom is -0.497 e. The largest absolute Gasteiger partial charge is 0.513 e. The highest BCUT2D eigenvalue weighted by molar-refractivity contribution is 5.63. The number of anilines is 1. The van der Waals surface area contributed by atoms with Crippen LogP contribution in [-0.4, -0.2) is 33.0 Å². The van der Waals surface area contributed by atoms with Crippen molar-refractivity contribution in [1.29, 1.82) is 0 Å². The van der Waals surface area contributed by atoms with Gasteiger partial charge in [0.05, 0.1) is 13.7 Å². The second kappa shape index (κ2) is 10.9. The maximum atomic E-state index is 12.0. The summed E-state index contributed by atoms with van der Waals surface area (Å²) in [4.78, 5) is 14.1. The summed E-state index contributed by atoms with van der Waals surface area (Å²) in [5.41, 5.74) is 3.41. The Morgan fingerprint density at radius 2 is 1.60 bits per heavy atom. The third kappa shape index (κ3) is 6.27. The molecular formula is C25H27NO4. The maximum absolute atomic E-state index is 12.0. The summed E-state index contributed by atoms with van der Waals surface area (Å²) in [5.74, 6) is 1.26. The zero-order chi connectivity index (χ0) is 21.2. The van der Waals surface area contributed by atoms with Gasteiger partial charge in [-0.15, -0.1) is 0 Å². The average Bonchev–Trinajstić information content (AvgIpc) is 2.79. The molecule has 3 aromatic carbocycles. The quantitative estimate of drug-likeness (QED) is 0.356. The van der Waals surface area contributed by atoms with E-state index in [0.29, 0.717) is 12.3 Å². The van der Waals surface area contributed by atoms with Crippen molar-refractivity contribution in [2.24, 2.45) is 0 Å². The molecule has 0 aliphatic carbocycles. The van der Waals surface area contributed by atoms with Gasteiger partial charge in [0.1, 0.15) is 18.1 Å². The van der Waals surface area contributed by atoms with E-state index in [1.807, 2.05) is 54.6 Å². The number of carbonyl (C=O) groups is 1. The van der Waals surface area contributed by atoms with Crippen LogP contribution in [-0.2, 0) is 11.2 Å². The van der Waals surface area contributed by atoms with E-state index in [-0.39, 0.29) is 6.61 Å². The summed E-state index contributed by atoms with van der Waals surface area (Å²) in [5, 5.41) is 0. The number of carbonyl (C=O) groups excluding carboxylic acids is 1. The summed E-state index contributed by atoms with van der Waals surface area (Å²) in [6, 6.07) is 25.5. The molecule has 0 saturated carbocycles. The van der Waals surface area contributed by atoms with E-state index in [4.69, 9.17) is 14.2 Å². The molecule has 0 saturated heterocycles. The Morgan fingerprint density at radius 1 is 0.867 bits per heavy atom. The van der Waals surface area contributed by atoms with Crippen molar-refractivity contribution in [1.82, 2.24) is 0 Å². The minimum absolute atomic E-state index is 0.232. The molecule has 0 aliphatic rings. The van der Waals surface area contributed by atoms with Crippen LogP contribution < -0.4 is 14.4 Å². The van der Waals surface area contributed by atoms with Gasteiger partial charge in [-0.25, -0.2) is 4.79 Å². The fourth-order valence-electron chi connectivity index (χ4n) is 3.15. The van der Waals surface area contributed by atoms with Gasteiger partial charge in [0.2, 0.25) is 0 Å². The van der Waals surface area contributed by atoms with Gasteiger partial charge in [-0.2, -0.15) is 0 Å². The number of methoxy groups -OCH3 is 1. The fourth-order valence-corrected chi connectivity index (χ4v) is 3.15. The molecule has 0 amide bonds. The number of likely N-dealkylation sites (N-methyl/N-ethyl adjacent to an activating group) is 1. The smallest absolute Gasteiger partial charge is 0.497 e. The van der Waals surface area contributed by atoms with Crippen LogP contribution in [0.2, 0.25) is 0 Å². The Morgan fingerprint density at radius 3 is 2.30 bits per heavy atom. The van der Waals surface area contributed by atoms with Gasteiger partial charge < -0.3 is 19.1 Å². The van der Waals surface area contributed by atoms with Crippen LogP contribution in [0.5, 0.6) is 11.5 Å². The van der Waals surface area contributed by atoms with E-state index in [2.05, 4.69) is 24.0 Å². The van der Waals surface area contributed by atoms with Crippen LogP contribution in [0.3, 0.4) is 0 Å². The van der Waals surface area contributed by atoms with Crippen LogP contribution in [0.1, 0.15) is 18.1 Å². The number of rotatable bonds is 9. The monoisotopic (exact) mass is 405 g/mol. The van der Waals surface area contributed by atoms with E-state index in [9.17, 15) is 4.79 Å². The van der Waals surface area contributed by atoms with Crippen molar-refractivity contribution < 1.29 is 19.0 Å². The number of benzene rings is 3. The first-order chi connectivity index (χ1) is 14.7. The molecular weight excluding hydrogens is 378 g/mol. The lowest BCUT2D eigenvalue weighted by molar-refractivity contribution is 0.101. The highest BCUT2D eigenvalue weighted by atomic mass is 16.7. The molecule has 0 unspecified atom stereocenters. The maximum Gasteiger partial charge on any atom is 0.513 e. The van der Waals surface area contributed by atoms with Crippen LogP contribution in [0, 0.1) is 0 Å². The Balaban J connectivity index is 1.45. The van der Waals surface area contributed by atoms with E-state index in [1.165, 1.54) is 5.56 Å². The van der Waals surface area contributed by atoms with Gasteiger partial charge in [0, 0.05) is 18.3 Å². The van der Waals surface area contributed by atoms with Crippen LogP contribution in [0.4, 0.5) is 10.5 Å². The highest BCUT2D eigenvalue weighted by Gasteiger charge is 2.10. The first-order valence-corrected chi connectivity index (χ1v) is 10.0. The summed E-state index contributed by atoms with van der Waals surface area (Å²) < 4.78 is 15.8. The van der Waals surface area contributed by atoms with E-state index in [0.717, 1.165) is 30.0 Å². The lowest BCUT2D eigenvalue weighted by Gasteiger charge is -2.23. The van der Waals surface area contributed by atoms with Crippen molar-refractivity contribution in [2.75, 3.05) is 31.7 Å². The summed E-state index contributed by atoms with van der Waals surface area (Å²) >= 11 is 0. The van der Waals surface area contributed by atoms with E-state index in [1.54, 1.807) is 19.2 Å². The van der Waals surface area contributed by atoms with Crippen molar-refractivity contribution in [3.05, 3.63) is 90.0 Å². The SMILES string of the molecule is CCN(CCOC(=O)Oc1ccc(Cc2ccccc2)cc1)c1cccc(OC)c1. The highest BCUT2D eigenvalue weighted by Crippen LogP contribution is 2.21. The number of hydrogen-bond acceptors (Lipinski definition) is 5. The molecule has 0 bridgehead atoms. The lowest BCUT2D eigenvalue weighted by Crippen LogP contribution is -2.28. The first kappa shape index (κ1) is 21.2. The number of nitrogens with zero attached hydrogens (tertiary/aromatic N) is 1. The predicted octanol–water partition coefficient (Wildman–Crippen LogP) is 5.33. The third-order valence-electron chi connectivity index (χ3n) is 4.76. The van der Waals surface area contributed by atoms with Gasteiger partial charge in [-0.3, -0.25) is 0 Å². The molecule has 3 rings (SSSR count). The van der Waals surface area contributed by atoms with Gasteiger partial charge in [0.25, 0.3) is 0 Å². The van der Waals surface area contributed by atoms with Crippen molar-refractivity contribution in [3.8, 4) is 11.5 Å². The summed E-state index contributed by atoms with van der Waals surface area (Å²) in [7, 11) is 1.64. The van der Waals surface area contributed by atoms with Crippen molar-refractivity contribution >= 4 is 11.8 Å². The molecule has 0 aliphatic heterocycles. The average molecular weight is 405 g/mol. The third-order valence-corrected chi connectivity index (χ3v) is 4.76. The molecule has 156 valence electrons. The van der Waals surface area contributed by atoms with Crippen LogP contribution in [0.15, 0.2) is 78.9 Å². The predicted molar refractivity (Wildman–Crippen MR) is 119 cm³/mol. The van der Waals surface area contributed by atoms with Crippen molar-refractivity contribution in [2.45, 2.75) is 13.3 Å². The normalized spacial score (nSPS) is 10.3. The second-order valence-corrected chi connectivity index (χ2v) is 6.79. The minimum atomic E-state index is -0.701. The number of hydrogen-bond donors (Lipinski definition) is 0. The molecule has 0 fully saturated rings. The molecule has 0 aromatic heterocycles. The van der Waals surface area contributed by atoms with Gasteiger partial charge >= 0.3 is 6.16 Å². The lowest BCUT2D eigenvalue weighted by atomic mass is 10.1. The zero-order valence-electron chi connectivity index (χ0n) is 17.4. The molecule has 5 heteroatoms. The molecule has 0 heterocycles. The Hall–Kier alpha value is -3.47. The Labute approximate surface area is 177 Å². The van der Waals surface area contributed by atoms with E-state index < -0.39 is 6.16 Å². The zero-order valence-corrected chi connectivity index (χ0v) is 17.4. The molecule has 0 spiro atoms. The molecule has 5 nitrogen and oxygen atoms in total. The first-order valence-electron chi connectivity index (χ1n) is 10.0. The fraction of sp³-hybridized carbons (Fsp3) is 0.240. The molecule has 3 aromatic rings.